The number of aromatic nitrogens is 3. The SMILES string of the molecule is Cc1cc(NC(=O)c2ccc(S(C)(=O)=O)cc2)n(-c2nc3ccccc3s2)n1. The standard InChI is InChI=1S/C19H16N4O3S2/c1-12-11-17(21-18(24)13-7-9-14(10-8-13)28(2,25)26)23(22-12)19-20-15-5-3-4-6-16(15)27-19/h3-11H,1-2H3,(H,21,24). The van der Waals surface area contributed by atoms with Crippen LogP contribution in [-0.2, 0) is 9.84 Å². The van der Waals surface area contributed by atoms with Gasteiger partial charge in [0.1, 0.15) is 5.82 Å². The van der Waals surface area contributed by atoms with Crippen LogP contribution in [0.3, 0.4) is 0 Å². The molecule has 142 valence electrons. The van der Waals surface area contributed by atoms with Crippen LogP contribution in [0.4, 0.5) is 5.82 Å². The lowest BCUT2D eigenvalue weighted by molar-refractivity contribution is 0.102. The van der Waals surface area contributed by atoms with Crippen molar-refractivity contribution in [3.8, 4) is 5.13 Å². The van der Waals surface area contributed by atoms with Crippen LogP contribution in [0.1, 0.15) is 16.1 Å². The second-order valence-electron chi connectivity index (χ2n) is 6.30. The van der Waals surface area contributed by atoms with Crippen LogP contribution in [0.25, 0.3) is 15.3 Å². The molecule has 7 nitrogen and oxygen atoms in total. The van der Waals surface area contributed by atoms with Gasteiger partial charge in [-0.25, -0.2) is 13.4 Å². The van der Waals surface area contributed by atoms with Crippen LogP contribution < -0.4 is 5.32 Å². The van der Waals surface area contributed by atoms with E-state index in [4.69, 9.17) is 0 Å². The van der Waals surface area contributed by atoms with Gasteiger partial charge in [-0.1, -0.05) is 23.5 Å². The Morgan fingerprint density at radius 1 is 1.11 bits per heavy atom. The molecule has 1 amide bonds. The van der Waals surface area contributed by atoms with Gasteiger partial charge in [0.05, 0.1) is 20.8 Å². The van der Waals surface area contributed by atoms with Gasteiger partial charge < -0.3 is 5.32 Å². The predicted octanol–water partition coefficient (Wildman–Crippen LogP) is 3.45. The van der Waals surface area contributed by atoms with E-state index in [2.05, 4.69) is 15.4 Å². The number of fused-ring (bicyclic) bond motifs is 1. The molecular formula is C19H16N4O3S2. The number of rotatable bonds is 4. The van der Waals surface area contributed by atoms with Crippen molar-refractivity contribution in [1.82, 2.24) is 14.8 Å². The highest BCUT2D eigenvalue weighted by molar-refractivity contribution is 7.90. The summed E-state index contributed by atoms with van der Waals surface area (Å²) in [4.78, 5) is 17.4. The Morgan fingerprint density at radius 3 is 2.50 bits per heavy atom. The maximum absolute atomic E-state index is 12.6. The Balaban J connectivity index is 1.64. The summed E-state index contributed by atoms with van der Waals surface area (Å²) in [6.45, 7) is 1.83. The topological polar surface area (TPSA) is 94.0 Å². The van der Waals surface area contributed by atoms with E-state index in [0.717, 1.165) is 22.2 Å². The Bertz CT molecular complexity index is 1260. The number of thiazole rings is 1. The molecule has 0 radical (unpaired) electrons. The van der Waals surface area contributed by atoms with E-state index >= 15 is 0 Å². The second kappa shape index (κ2) is 6.84. The van der Waals surface area contributed by atoms with Gasteiger partial charge in [-0.15, -0.1) is 0 Å². The summed E-state index contributed by atoms with van der Waals surface area (Å²) < 4.78 is 25.8. The number of nitrogens with one attached hydrogen (secondary N) is 1. The van der Waals surface area contributed by atoms with Gasteiger partial charge in [-0.05, 0) is 43.3 Å². The lowest BCUT2D eigenvalue weighted by Crippen LogP contribution is -2.15. The number of sulfone groups is 1. The van der Waals surface area contributed by atoms with Crippen molar-refractivity contribution in [3.05, 3.63) is 65.9 Å². The van der Waals surface area contributed by atoms with Crippen LogP contribution >= 0.6 is 11.3 Å². The quantitative estimate of drug-likeness (QED) is 0.554. The molecule has 28 heavy (non-hydrogen) atoms. The molecule has 1 N–H and O–H groups in total. The highest BCUT2D eigenvalue weighted by atomic mass is 32.2. The molecule has 0 spiro atoms. The first-order valence-electron chi connectivity index (χ1n) is 8.35. The number of amides is 1. The fraction of sp³-hybridized carbons (Fsp3) is 0.105. The van der Waals surface area contributed by atoms with Crippen molar-refractivity contribution in [2.24, 2.45) is 0 Å². The van der Waals surface area contributed by atoms with Crippen LogP contribution in [0.5, 0.6) is 0 Å². The number of hydrogen-bond donors (Lipinski definition) is 1. The van der Waals surface area contributed by atoms with Gasteiger partial charge in [-0.2, -0.15) is 9.78 Å². The van der Waals surface area contributed by atoms with Gasteiger partial charge in [0, 0.05) is 17.9 Å². The summed E-state index contributed by atoms with van der Waals surface area (Å²) in [6.07, 6.45) is 1.13. The maximum Gasteiger partial charge on any atom is 0.256 e. The number of benzene rings is 2. The average molecular weight is 412 g/mol. The summed E-state index contributed by atoms with van der Waals surface area (Å²) in [5.41, 5.74) is 1.95. The zero-order chi connectivity index (χ0) is 19.9. The van der Waals surface area contributed by atoms with Crippen molar-refractivity contribution in [2.45, 2.75) is 11.8 Å². The van der Waals surface area contributed by atoms with Crippen LogP contribution in [-0.4, -0.2) is 35.3 Å². The monoisotopic (exact) mass is 412 g/mol. The van der Waals surface area contributed by atoms with Gasteiger partial charge in [0.2, 0.25) is 5.13 Å². The third-order valence-electron chi connectivity index (χ3n) is 4.08. The fourth-order valence-corrected chi connectivity index (χ4v) is 4.29. The fourth-order valence-electron chi connectivity index (χ4n) is 2.73. The molecule has 0 aliphatic heterocycles. The smallest absolute Gasteiger partial charge is 0.256 e. The van der Waals surface area contributed by atoms with Crippen molar-refractivity contribution in [2.75, 3.05) is 11.6 Å². The number of carbonyl (C=O) groups is 1. The van der Waals surface area contributed by atoms with Crippen molar-refractivity contribution in [1.29, 1.82) is 0 Å². The van der Waals surface area contributed by atoms with Crippen LogP contribution in [0, 0.1) is 6.92 Å². The van der Waals surface area contributed by atoms with Crippen LogP contribution in [0.15, 0.2) is 59.5 Å². The van der Waals surface area contributed by atoms with E-state index in [1.54, 1.807) is 10.7 Å². The molecule has 0 unspecified atom stereocenters. The number of nitrogens with zero attached hydrogens (tertiary/aromatic N) is 3. The average Bonchev–Trinajstić information content (AvgIpc) is 3.24. The molecule has 4 rings (SSSR count). The molecule has 2 aromatic carbocycles. The number of carbonyl (C=O) groups excluding carboxylic acids is 1. The molecule has 2 heterocycles. The van der Waals surface area contributed by atoms with Gasteiger partial charge in [0.15, 0.2) is 9.84 Å². The molecule has 2 aromatic heterocycles. The van der Waals surface area contributed by atoms with Gasteiger partial charge >= 0.3 is 0 Å². The zero-order valence-corrected chi connectivity index (χ0v) is 16.7. The van der Waals surface area contributed by atoms with Crippen LogP contribution in [0.2, 0.25) is 0 Å². The first-order chi connectivity index (χ1) is 13.3. The Kier molecular flexibility index (Phi) is 4.48. The molecule has 0 fully saturated rings. The number of aryl methyl sites for hydroxylation is 1. The molecule has 0 atom stereocenters. The zero-order valence-electron chi connectivity index (χ0n) is 15.1. The first-order valence-corrected chi connectivity index (χ1v) is 11.1. The minimum atomic E-state index is -3.31. The minimum absolute atomic E-state index is 0.166. The first kappa shape index (κ1) is 18.3. The predicted molar refractivity (Wildman–Crippen MR) is 109 cm³/mol. The number of anilines is 1. The molecule has 0 saturated carbocycles. The van der Waals surface area contributed by atoms with Crippen molar-refractivity contribution < 1.29 is 13.2 Å². The van der Waals surface area contributed by atoms with E-state index in [0.29, 0.717) is 16.5 Å². The molecule has 0 saturated heterocycles. The number of para-hydroxylation sites is 1. The van der Waals surface area contributed by atoms with E-state index in [1.807, 2.05) is 31.2 Å². The summed E-state index contributed by atoms with van der Waals surface area (Å²) in [5, 5.41) is 7.92. The third-order valence-corrected chi connectivity index (χ3v) is 6.22. The maximum atomic E-state index is 12.6. The molecule has 0 aliphatic carbocycles. The summed E-state index contributed by atoms with van der Waals surface area (Å²) in [5.74, 6) is 0.135. The summed E-state index contributed by atoms with van der Waals surface area (Å²) in [6, 6.07) is 15.3. The second-order valence-corrected chi connectivity index (χ2v) is 9.32. The van der Waals surface area contributed by atoms with E-state index in [9.17, 15) is 13.2 Å². The molecular weight excluding hydrogens is 396 g/mol. The molecule has 4 aromatic rings. The van der Waals surface area contributed by atoms with Crippen molar-refractivity contribution >= 4 is 43.1 Å². The van der Waals surface area contributed by atoms with Crippen molar-refractivity contribution in [3.63, 3.8) is 0 Å². The molecule has 9 heteroatoms. The summed E-state index contributed by atoms with van der Waals surface area (Å²) >= 11 is 1.48. The highest BCUT2D eigenvalue weighted by Crippen LogP contribution is 2.27. The summed E-state index contributed by atoms with van der Waals surface area (Å²) in [7, 11) is -3.31. The number of hydrogen-bond acceptors (Lipinski definition) is 6. The Morgan fingerprint density at radius 2 is 1.82 bits per heavy atom. The molecule has 0 aliphatic rings. The van der Waals surface area contributed by atoms with Gasteiger partial charge in [0.25, 0.3) is 5.91 Å². The lowest BCUT2D eigenvalue weighted by Gasteiger charge is -2.07. The Hall–Kier alpha value is -3.04. The molecule has 0 bridgehead atoms. The van der Waals surface area contributed by atoms with E-state index in [1.165, 1.54) is 35.6 Å². The highest BCUT2D eigenvalue weighted by Gasteiger charge is 2.16. The largest absolute Gasteiger partial charge is 0.306 e. The van der Waals surface area contributed by atoms with E-state index < -0.39 is 9.84 Å². The van der Waals surface area contributed by atoms with Gasteiger partial charge in [-0.3, -0.25) is 4.79 Å². The Labute approximate surface area is 165 Å². The van der Waals surface area contributed by atoms with E-state index in [-0.39, 0.29) is 10.8 Å². The lowest BCUT2D eigenvalue weighted by atomic mass is 10.2. The normalized spacial score (nSPS) is 11.6. The third kappa shape index (κ3) is 3.54. The minimum Gasteiger partial charge on any atom is -0.306 e.